The molecule has 0 saturated carbocycles. The Balaban J connectivity index is 1.45. The average Bonchev–Trinajstić information content (AvgIpc) is 3.09. The van der Waals surface area contributed by atoms with Crippen LogP contribution in [0.5, 0.6) is 5.75 Å². The largest absolute Gasteiger partial charge is 0.487 e. The van der Waals surface area contributed by atoms with Crippen LogP contribution in [0.15, 0.2) is 35.4 Å². The number of benzene rings is 1. The molecule has 134 valence electrons. The third kappa shape index (κ3) is 3.30. The van der Waals surface area contributed by atoms with E-state index in [1.807, 2.05) is 30.3 Å². The highest BCUT2D eigenvalue weighted by atomic mass is 16.5. The van der Waals surface area contributed by atoms with Crippen LogP contribution in [0.2, 0.25) is 0 Å². The van der Waals surface area contributed by atoms with Gasteiger partial charge in [-0.3, -0.25) is 14.7 Å². The molecule has 0 spiro atoms. The molecule has 0 atom stereocenters. The second-order valence-electron chi connectivity index (χ2n) is 6.30. The van der Waals surface area contributed by atoms with Gasteiger partial charge in [0.25, 0.3) is 5.91 Å². The number of nitrogens with one attached hydrogen (secondary N) is 2. The number of hydrogen-bond acceptors (Lipinski definition) is 5. The zero-order chi connectivity index (χ0) is 17.9. The van der Waals surface area contributed by atoms with Crippen LogP contribution in [0.3, 0.4) is 0 Å². The number of carbonyl (C=O) groups excluding carboxylic acids is 2. The number of ether oxygens (including phenoxy) is 1. The molecule has 2 aliphatic heterocycles. The quantitative estimate of drug-likeness (QED) is 0.861. The molecule has 0 saturated heterocycles. The summed E-state index contributed by atoms with van der Waals surface area (Å²) in [6, 6.07) is 9.55. The van der Waals surface area contributed by atoms with Crippen LogP contribution in [0.4, 0.5) is 0 Å². The molecule has 2 aliphatic rings. The number of aromatic amines is 1. The molecule has 0 radical (unpaired) electrons. The zero-order valence-corrected chi connectivity index (χ0v) is 14.2. The molecule has 8 nitrogen and oxygen atoms in total. The van der Waals surface area contributed by atoms with Gasteiger partial charge in [0.05, 0.1) is 0 Å². The molecule has 26 heavy (non-hydrogen) atoms. The molecule has 2 N–H and O–H groups in total. The van der Waals surface area contributed by atoms with E-state index in [0.29, 0.717) is 44.7 Å². The van der Waals surface area contributed by atoms with E-state index in [1.54, 1.807) is 4.90 Å². The zero-order valence-electron chi connectivity index (χ0n) is 14.2. The van der Waals surface area contributed by atoms with Gasteiger partial charge in [-0.15, -0.1) is 0 Å². The fourth-order valence-electron chi connectivity index (χ4n) is 3.13. The van der Waals surface area contributed by atoms with Crippen LogP contribution < -0.4 is 10.2 Å². The highest BCUT2D eigenvalue weighted by molar-refractivity contribution is 6.39. The van der Waals surface area contributed by atoms with Gasteiger partial charge in [0.2, 0.25) is 5.91 Å². The van der Waals surface area contributed by atoms with Crippen LogP contribution in [-0.2, 0) is 29.2 Å². The smallest absolute Gasteiger partial charge is 0.270 e. The number of para-hydroxylation sites is 1. The van der Waals surface area contributed by atoms with Gasteiger partial charge in [-0.1, -0.05) is 18.2 Å². The molecule has 4 rings (SSSR count). The van der Waals surface area contributed by atoms with Gasteiger partial charge in [0.1, 0.15) is 23.8 Å². The Morgan fingerprint density at radius 2 is 2.04 bits per heavy atom. The predicted octanol–water partition coefficient (Wildman–Crippen LogP) is 1.14. The Hall–Kier alpha value is -3.16. The summed E-state index contributed by atoms with van der Waals surface area (Å²) in [7, 11) is 0. The van der Waals surface area contributed by atoms with Crippen molar-refractivity contribution >= 4 is 17.5 Å². The molecule has 2 aromatic rings. The van der Waals surface area contributed by atoms with Crippen molar-refractivity contribution in [3.8, 4) is 5.75 Å². The van der Waals surface area contributed by atoms with Gasteiger partial charge in [-0.2, -0.15) is 10.2 Å². The summed E-state index contributed by atoms with van der Waals surface area (Å²) in [5.74, 6) is 0.490. The minimum Gasteiger partial charge on any atom is -0.487 e. The second-order valence-corrected chi connectivity index (χ2v) is 6.30. The fourth-order valence-corrected chi connectivity index (χ4v) is 3.13. The summed E-state index contributed by atoms with van der Waals surface area (Å²) < 4.78 is 5.78. The highest BCUT2D eigenvalue weighted by Crippen LogP contribution is 2.22. The van der Waals surface area contributed by atoms with Crippen LogP contribution in [0, 0.1) is 0 Å². The minimum atomic E-state index is -0.155. The number of nitrogens with zero attached hydrogens (tertiary/aromatic N) is 3. The molecular formula is C18H19N5O3. The van der Waals surface area contributed by atoms with Crippen LogP contribution >= 0.6 is 0 Å². The van der Waals surface area contributed by atoms with E-state index < -0.39 is 0 Å². The number of amides is 2. The first kappa shape index (κ1) is 16.3. The molecule has 0 unspecified atom stereocenters. The topological polar surface area (TPSA) is 99.7 Å². The summed E-state index contributed by atoms with van der Waals surface area (Å²) in [6.45, 7) is 1.40. The Bertz CT molecular complexity index is 859. The van der Waals surface area contributed by atoms with E-state index in [4.69, 9.17) is 4.74 Å². The van der Waals surface area contributed by atoms with Gasteiger partial charge in [0.15, 0.2) is 0 Å². The monoisotopic (exact) mass is 353 g/mol. The van der Waals surface area contributed by atoms with Crippen molar-refractivity contribution in [2.24, 2.45) is 5.10 Å². The van der Waals surface area contributed by atoms with Crippen LogP contribution in [0.1, 0.15) is 29.8 Å². The SMILES string of the molecule is O=C1CCC(C(=O)N2CCc3[nH]nc(COc4ccccc4)c3C2)=NN1. The Kier molecular flexibility index (Phi) is 4.39. The molecule has 0 aliphatic carbocycles. The van der Waals surface area contributed by atoms with Crippen LogP contribution in [-0.4, -0.2) is 39.2 Å². The predicted molar refractivity (Wildman–Crippen MR) is 93.3 cm³/mol. The number of hydrazone groups is 1. The summed E-state index contributed by atoms with van der Waals surface area (Å²) >= 11 is 0. The highest BCUT2D eigenvalue weighted by Gasteiger charge is 2.29. The lowest BCUT2D eigenvalue weighted by Gasteiger charge is -2.28. The number of rotatable bonds is 4. The van der Waals surface area contributed by atoms with E-state index >= 15 is 0 Å². The molecule has 1 aromatic heterocycles. The summed E-state index contributed by atoms with van der Waals surface area (Å²) in [4.78, 5) is 25.6. The number of hydrogen-bond donors (Lipinski definition) is 2. The molecule has 2 amide bonds. The first-order valence-corrected chi connectivity index (χ1v) is 8.58. The van der Waals surface area contributed by atoms with E-state index in [1.165, 1.54) is 0 Å². The third-order valence-electron chi connectivity index (χ3n) is 4.58. The number of H-pyrrole nitrogens is 1. The van der Waals surface area contributed by atoms with Crippen molar-refractivity contribution in [1.29, 1.82) is 0 Å². The minimum absolute atomic E-state index is 0.133. The Morgan fingerprint density at radius 3 is 2.81 bits per heavy atom. The molecular weight excluding hydrogens is 334 g/mol. The standard InChI is InChI=1S/C18H19N5O3/c24-17-7-6-15(20-22-17)18(25)23-9-8-14-13(10-23)16(21-19-14)11-26-12-4-2-1-3-5-12/h1-5H,6-11H2,(H,19,21)(H,22,24). The summed E-state index contributed by atoms with van der Waals surface area (Å²) in [5, 5.41) is 11.3. The van der Waals surface area contributed by atoms with Gasteiger partial charge < -0.3 is 9.64 Å². The van der Waals surface area contributed by atoms with Gasteiger partial charge in [0, 0.05) is 43.6 Å². The van der Waals surface area contributed by atoms with Crippen molar-refractivity contribution in [3.05, 3.63) is 47.3 Å². The van der Waals surface area contributed by atoms with Crippen molar-refractivity contribution in [1.82, 2.24) is 20.5 Å². The van der Waals surface area contributed by atoms with Crippen molar-refractivity contribution in [3.63, 3.8) is 0 Å². The molecule has 0 fully saturated rings. The van der Waals surface area contributed by atoms with Gasteiger partial charge in [-0.05, 0) is 12.1 Å². The lowest BCUT2D eigenvalue weighted by Crippen LogP contribution is -2.42. The summed E-state index contributed by atoms with van der Waals surface area (Å²) in [6.07, 6.45) is 1.38. The Morgan fingerprint density at radius 1 is 1.19 bits per heavy atom. The van der Waals surface area contributed by atoms with Gasteiger partial charge >= 0.3 is 0 Å². The van der Waals surface area contributed by atoms with E-state index in [-0.39, 0.29) is 11.8 Å². The maximum absolute atomic E-state index is 12.7. The number of fused-ring (bicyclic) bond motifs is 1. The average molecular weight is 353 g/mol. The molecule has 3 heterocycles. The first-order valence-electron chi connectivity index (χ1n) is 8.58. The van der Waals surface area contributed by atoms with Crippen molar-refractivity contribution in [2.75, 3.05) is 6.54 Å². The van der Waals surface area contributed by atoms with Crippen molar-refractivity contribution in [2.45, 2.75) is 32.4 Å². The third-order valence-corrected chi connectivity index (χ3v) is 4.58. The number of carbonyl (C=O) groups is 2. The van der Waals surface area contributed by atoms with Gasteiger partial charge in [-0.25, -0.2) is 5.43 Å². The second kappa shape index (κ2) is 6.99. The Labute approximate surface area is 150 Å². The summed E-state index contributed by atoms with van der Waals surface area (Å²) in [5.41, 5.74) is 5.63. The lowest BCUT2D eigenvalue weighted by molar-refractivity contribution is -0.125. The molecule has 1 aromatic carbocycles. The van der Waals surface area contributed by atoms with E-state index in [2.05, 4.69) is 20.7 Å². The van der Waals surface area contributed by atoms with Crippen molar-refractivity contribution < 1.29 is 14.3 Å². The number of aromatic nitrogens is 2. The molecule has 0 bridgehead atoms. The van der Waals surface area contributed by atoms with Crippen LogP contribution in [0.25, 0.3) is 0 Å². The van der Waals surface area contributed by atoms with E-state index in [0.717, 1.165) is 22.7 Å². The van der Waals surface area contributed by atoms with E-state index in [9.17, 15) is 9.59 Å². The maximum atomic E-state index is 12.7. The fraction of sp³-hybridized carbons (Fsp3) is 0.333. The lowest BCUT2D eigenvalue weighted by atomic mass is 10.0. The molecule has 8 heteroatoms. The first-order chi connectivity index (χ1) is 12.7. The normalized spacial score (nSPS) is 16.5. The maximum Gasteiger partial charge on any atom is 0.270 e.